The molecule has 130 valence electrons. The number of rotatable bonds is 4. The van der Waals surface area contributed by atoms with Crippen LogP contribution in [0.5, 0.6) is 0 Å². The molecule has 0 radical (unpaired) electrons. The van der Waals surface area contributed by atoms with Gasteiger partial charge in [0.05, 0.1) is 16.8 Å². The van der Waals surface area contributed by atoms with Crippen molar-refractivity contribution >= 4 is 28.6 Å². The fourth-order valence-corrected chi connectivity index (χ4v) is 3.39. The largest absolute Gasteiger partial charge is 0.439 e. The molecule has 1 aromatic carbocycles. The molecule has 1 saturated carbocycles. The van der Waals surface area contributed by atoms with Crippen molar-refractivity contribution in [2.24, 2.45) is 0 Å². The zero-order valence-electron chi connectivity index (χ0n) is 14.8. The molecule has 1 fully saturated rings. The number of thioether (sulfide) groups is 1. The van der Waals surface area contributed by atoms with Gasteiger partial charge in [0.25, 0.3) is 0 Å². The summed E-state index contributed by atoms with van der Waals surface area (Å²) in [6, 6.07) is 3.75. The van der Waals surface area contributed by atoms with Crippen LogP contribution >= 0.6 is 11.8 Å². The van der Waals surface area contributed by atoms with Crippen molar-refractivity contribution in [1.29, 1.82) is 0 Å². The first-order valence-electron chi connectivity index (χ1n) is 8.37. The van der Waals surface area contributed by atoms with Crippen molar-refractivity contribution < 1.29 is 13.7 Å². The second-order valence-electron chi connectivity index (χ2n) is 7.48. The number of ketones is 1. The molecule has 0 atom stereocenters. The van der Waals surface area contributed by atoms with E-state index in [9.17, 15) is 4.79 Å². The first kappa shape index (κ1) is 16.4. The molecular weight excluding hydrogens is 336 g/mol. The maximum Gasteiger partial charge on any atom is 0.202 e. The molecule has 25 heavy (non-hydrogen) atoms. The van der Waals surface area contributed by atoms with E-state index in [1.54, 1.807) is 11.8 Å². The van der Waals surface area contributed by atoms with Crippen LogP contribution in [-0.2, 0) is 5.41 Å². The number of oxazole rings is 1. The van der Waals surface area contributed by atoms with Gasteiger partial charge >= 0.3 is 0 Å². The number of benzene rings is 1. The molecule has 0 bridgehead atoms. The number of hydrogen-bond acceptors (Lipinski definition) is 6. The van der Waals surface area contributed by atoms with Gasteiger partial charge in [0.1, 0.15) is 11.8 Å². The third-order valence-electron chi connectivity index (χ3n) is 4.42. The molecule has 2 heterocycles. The number of nitrogens with zero attached hydrogens (tertiary/aromatic N) is 2. The zero-order chi connectivity index (χ0) is 17.8. The van der Waals surface area contributed by atoms with E-state index < -0.39 is 0 Å². The SMILES string of the molecule is CSc1ccc(C(=O)c2conc2C2CC2)c2oc(C(C)(C)C)nc12. The third kappa shape index (κ3) is 2.78. The lowest BCUT2D eigenvalue weighted by atomic mass is 9.97. The van der Waals surface area contributed by atoms with Crippen molar-refractivity contribution in [3.63, 3.8) is 0 Å². The lowest BCUT2D eigenvalue weighted by molar-refractivity contribution is 0.103. The highest BCUT2D eigenvalue weighted by molar-refractivity contribution is 7.98. The standard InChI is InChI=1S/C19H20N2O3S/c1-19(2,3)18-20-15-13(25-4)8-7-11(17(15)24-18)16(22)12-9-23-21-14(12)10-5-6-10/h7-10H,5-6H2,1-4H3. The molecular formula is C19H20N2O3S. The first-order chi connectivity index (χ1) is 11.9. The molecule has 3 aromatic rings. The van der Waals surface area contributed by atoms with Crippen LogP contribution in [0.4, 0.5) is 0 Å². The van der Waals surface area contributed by atoms with Crippen molar-refractivity contribution in [2.75, 3.05) is 6.26 Å². The average molecular weight is 356 g/mol. The molecule has 5 nitrogen and oxygen atoms in total. The number of carbonyl (C=O) groups is 1. The first-order valence-corrected chi connectivity index (χ1v) is 9.59. The molecule has 0 spiro atoms. The Kier molecular flexibility index (Phi) is 3.76. The minimum Gasteiger partial charge on any atom is -0.439 e. The Morgan fingerprint density at radius 1 is 1.24 bits per heavy atom. The fraction of sp³-hybridized carbons (Fsp3) is 0.421. The Bertz CT molecular complexity index is 961. The highest BCUT2D eigenvalue weighted by Crippen LogP contribution is 2.42. The molecule has 1 aliphatic carbocycles. The van der Waals surface area contributed by atoms with E-state index in [1.165, 1.54) is 6.26 Å². The number of aromatic nitrogens is 2. The summed E-state index contributed by atoms with van der Waals surface area (Å²) >= 11 is 1.59. The van der Waals surface area contributed by atoms with E-state index in [0.717, 1.165) is 28.9 Å². The minimum atomic E-state index is -0.231. The second-order valence-corrected chi connectivity index (χ2v) is 8.33. The van der Waals surface area contributed by atoms with Crippen molar-refractivity contribution in [1.82, 2.24) is 10.1 Å². The Balaban J connectivity index is 1.88. The summed E-state index contributed by atoms with van der Waals surface area (Å²) in [6.45, 7) is 6.13. The van der Waals surface area contributed by atoms with Crippen LogP contribution in [0, 0.1) is 0 Å². The zero-order valence-corrected chi connectivity index (χ0v) is 15.6. The van der Waals surface area contributed by atoms with E-state index in [-0.39, 0.29) is 11.2 Å². The van der Waals surface area contributed by atoms with Crippen LogP contribution in [-0.4, -0.2) is 22.2 Å². The van der Waals surface area contributed by atoms with E-state index in [1.807, 2.05) is 39.2 Å². The van der Waals surface area contributed by atoms with Gasteiger partial charge in [-0.3, -0.25) is 4.79 Å². The maximum atomic E-state index is 13.1. The lowest BCUT2D eigenvalue weighted by Crippen LogP contribution is -2.11. The Morgan fingerprint density at radius 3 is 2.64 bits per heavy atom. The molecule has 0 amide bonds. The van der Waals surface area contributed by atoms with Gasteiger partial charge in [-0.2, -0.15) is 0 Å². The highest BCUT2D eigenvalue weighted by atomic mass is 32.2. The summed E-state index contributed by atoms with van der Waals surface area (Å²) in [5, 5.41) is 4.04. The van der Waals surface area contributed by atoms with Gasteiger partial charge in [0.15, 0.2) is 5.58 Å². The van der Waals surface area contributed by atoms with E-state index in [0.29, 0.717) is 28.5 Å². The van der Waals surface area contributed by atoms with Crippen molar-refractivity contribution in [3.8, 4) is 0 Å². The van der Waals surface area contributed by atoms with Gasteiger partial charge in [-0.15, -0.1) is 11.8 Å². The number of carbonyl (C=O) groups excluding carboxylic acids is 1. The normalized spacial score (nSPS) is 15.0. The molecule has 4 rings (SSSR count). The quantitative estimate of drug-likeness (QED) is 0.487. The smallest absolute Gasteiger partial charge is 0.202 e. The summed E-state index contributed by atoms with van der Waals surface area (Å²) in [4.78, 5) is 18.8. The van der Waals surface area contributed by atoms with Gasteiger partial charge in [0, 0.05) is 16.2 Å². The van der Waals surface area contributed by atoms with Crippen LogP contribution in [0.15, 0.2) is 32.2 Å². The van der Waals surface area contributed by atoms with E-state index in [2.05, 4.69) is 10.1 Å². The minimum absolute atomic E-state index is 0.114. The molecule has 1 aliphatic rings. The monoisotopic (exact) mass is 356 g/mol. The Morgan fingerprint density at radius 2 is 2.00 bits per heavy atom. The van der Waals surface area contributed by atoms with Gasteiger partial charge in [-0.05, 0) is 31.2 Å². The lowest BCUT2D eigenvalue weighted by Gasteiger charge is -2.11. The summed E-state index contributed by atoms with van der Waals surface area (Å²) in [5.41, 5.74) is 2.88. The molecule has 0 aliphatic heterocycles. The van der Waals surface area contributed by atoms with Gasteiger partial charge in [-0.25, -0.2) is 4.98 Å². The van der Waals surface area contributed by atoms with Gasteiger partial charge in [-0.1, -0.05) is 25.9 Å². The average Bonchev–Trinajstić information content (AvgIpc) is 3.11. The summed E-state index contributed by atoms with van der Waals surface area (Å²) in [5.74, 6) is 0.863. The molecule has 0 saturated heterocycles. The molecule has 0 N–H and O–H groups in total. The van der Waals surface area contributed by atoms with Crippen LogP contribution in [0.25, 0.3) is 11.1 Å². The van der Waals surface area contributed by atoms with Gasteiger partial charge < -0.3 is 8.94 Å². The summed E-state index contributed by atoms with van der Waals surface area (Å²) in [7, 11) is 0. The predicted octanol–water partition coefficient (Wildman–Crippen LogP) is 4.94. The summed E-state index contributed by atoms with van der Waals surface area (Å²) in [6.07, 6.45) is 5.56. The van der Waals surface area contributed by atoms with Crippen LogP contribution in [0.2, 0.25) is 0 Å². The highest BCUT2D eigenvalue weighted by Gasteiger charge is 2.33. The van der Waals surface area contributed by atoms with E-state index in [4.69, 9.17) is 8.94 Å². The van der Waals surface area contributed by atoms with Gasteiger partial charge in [0.2, 0.25) is 11.7 Å². The Labute approximate surface area is 150 Å². The van der Waals surface area contributed by atoms with Crippen LogP contribution < -0.4 is 0 Å². The second kappa shape index (κ2) is 5.73. The predicted molar refractivity (Wildman–Crippen MR) is 96.4 cm³/mol. The maximum absolute atomic E-state index is 13.1. The van der Waals surface area contributed by atoms with Crippen LogP contribution in [0.3, 0.4) is 0 Å². The molecule has 6 heteroatoms. The fourth-order valence-electron chi connectivity index (χ4n) is 2.86. The van der Waals surface area contributed by atoms with Crippen LogP contribution in [0.1, 0.15) is 67.0 Å². The Hall–Kier alpha value is -2.08. The van der Waals surface area contributed by atoms with Crippen molar-refractivity contribution in [2.45, 2.75) is 49.8 Å². The third-order valence-corrected chi connectivity index (χ3v) is 5.19. The van der Waals surface area contributed by atoms with E-state index >= 15 is 0 Å². The molecule has 0 unspecified atom stereocenters. The number of hydrogen-bond donors (Lipinski definition) is 0. The molecule has 2 aromatic heterocycles. The summed E-state index contributed by atoms with van der Waals surface area (Å²) < 4.78 is 11.1. The number of fused-ring (bicyclic) bond motifs is 1. The topological polar surface area (TPSA) is 69.1 Å². The van der Waals surface area contributed by atoms with Crippen molar-refractivity contribution in [3.05, 3.63) is 41.1 Å².